The van der Waals surface area contributed by atoms with Crippen LogP contribution >= 0.6 is 0 Å². The number of anilines is 1. The minimum atomic E-state index is -6.20. The summed E-state index contributed by atoms with van der Waals surface area (Å²) in [6, 6.07) is 2.25. The highest BCUT2D eigenvalue weighted by molar-refractivity contribution is 7.92. The fourth-order valence-corrected chi connectivity index (χ4v) is 6.83. The lowest BCUT2D eigenvalue weighted by atomic mass is 9.87. The quantitative estimate of drug-likeness (QED) is 0.224. The number of rotatable bonds is 8. The van der Waals surface area contributed by atoms with Crippen LogP contribution in [0, 0.1) is 5.82 Å². The van der Waals surface area contributed by atoms with Crippen molar-refractivity contribution >= 4 is 33.6 Å². The van der Waals surface area contributed by atoms with Gasteiger partial charge in [-0.1, -0.05) is 12.1 Å². The number of nitrogens with zero attached hydrogens (tertiary/aromatic N) is 2. The molecule has 2 aromatic carbocycles. The molecule has 2 aliphatic rings. The Morgan fingerprint density at radius 3 is 2.20 bits per heavy atom. The van der Waals surface area contributed by atoms with Crippen LogP contribution in [0.1, 0.15) is 30.9 Å². The molecule has 45 heavy (non-hydrogen) atoms. The normalized spacial score (nSPS) is 21.1. The molecule has 4 rings (SSSR count). The first-order valence-electron chi connectivity index (χ1n) is 12.9. The van der Waals surface area contributed by atoms with Crippen molar-refractivity contribution in [2.45, 2.75) is 60.6 Å². The number of benzene rings is 2. The van der Waals surface area contributed by atoms with Crippen LogP contribution in [-0.4, -0.2) is 73.5 Å². The minimum absolute atomic E-state index is 0.258. The van der Waals surface area contributed by atoms with Crippen LogP contribution < -0.4 is 14.9 Å². The molecule has 3 N–H and O–H groups in total. The lowest BCUT2D eigenvalue weighted by molar-refractivity contribution is -0.376. The maximum atomic E-state index is 13.7. The molecule has 10 nitrogen and oxygen atoms in total. The summed E-state index contributed by atoms with van der Waals surface area (Å²) in [5, 5.41) is 14.4. The fourth-order valence-electron chi connectivity index (χ4n) is 5.12. The van der Waals surface area contributed by atoms with Gasteiger partial charge >= 0.3 is 18.4 Å². The van der Waals surface area contributed by atoms with E-state index in [1.165, 1.54) is 6.92 Å². The van der Waals surface area contributed by atoms with Crippen LogP contribution in [0.5, 0.6) is 0 Å². The van der Waals surface area contributed by atoms with Crippen molar-refractivity contribution in [3.63, 3.8) is 0 Å². The van der Waals surface area contributed by atoms with Gasteiger partial charge in [0.15, 0.2) is 6.80 Å². The number of hydrogen-bond donors (Lipinski definition) is 3. The van der Waals surface area contributed by atoms with Crippen LogP contribution in [0.4, 0.5) is 45.6 Å². The number of urea groups is 1. The van der Waals surface area contributed by atoms with E-state index in [-0.39, 0.29) is 29.4 Å². The summed E-state index contributed by atoms with van der Waals surface area (Å²) in [6.07, 6.45) is -13.7. The van der Waals surface area contributed by atoms with Crippen molar-refractivity contribution in [3.8, 4) is 0 Å². The number of imide groups is 1. The van der Waals surface area contributed by atoms with Crippen LogP contribution in [-0.2, 0) is 31.6 Å². The number of carbonyl (C=O) groups excluding carboxylic acids is 3. The first-order chi connectivity index (χ1) is 20.7. The molecular weight excluding hydrogens is 648 g/mol. The molecule has 0 aromatic heterocycles. The predicted octanol–water partition coefficient (Wildman–Crippen LogP) is 3.39. The van der Waals surface area contributed by atoms with Crippen LogP contribution in [0.3, 0.4) is 0 Å². The van der Waals surface area contributed by atoms with E-state index in [1.54, 1.807) is 0 Å². The number of hydrogen-bond acceptors (Lipinski definition) is 6. The molecule has 1 fully saturated rings. The Hall–Kier alpha value is -4.00. The number of nitrogens with one attached hydrogen (secondary N) is 2. The lowest BCUT2D eigenvalue weighted by Crippen LogP contribution is -2.54. The van der Waals surface area contributed by atoms with Crippen molar-refractivity contribution in [1.82, 2.24) is 15.5 Å². The SMILES string of the molecule is CC1(CNC(=O)CC2CCc3cc(C(O)(C(F)(F)F)C(F)(F)F)ccc3N2S(=O)(=O)c2ccc(F)cc2)NC(=O)N(CF)C1=O. The first-order valence-corrected chi connectivity index (χ1v) is 14.4. The largest absolute Gasteiger partial charge is 0.430 e. The van der Waals surface area contributed by atoms with Crippen molar-refractivity contribution in [2.75, 3.05) is 17.6 Å². The summed E-state index contributed by atoms with van der Waals surface area (Å²) in [5.74, 6) is -2.69. The molecule has 2 unspecified atom stereocenters. The number of halogens is 8. The van der Waals surface area contributed by atoms with Gasteiger partial charge in [0.2, 0.25) is 5.91 Å². The van der Waals surface area contributed by atoms with E-state index >= 15 is 0 Å². The second-order valence-electron chi connectivity index (χ2n) is 10.6. The maximum absolute atomic E-state index is 13.7. The van der Waals surface area contributed by atoms with Gasteiger partial charge in [-0.05, 0) is 55.7 Å². The van der Waals surface area contributed by atoms with E-state index in [9.17, 15) is 63.0 Å². The minimum Gasteiger partial charge on any atom is -0.369 e. The van der Waals surface area contributed by atoms with E-state index in [0.717, 1.165) is 24.3 Å². The summed E-state index contributed by atoms with van der Waals surface area (Å²) in [4.78, 5) is 36.9. The van der Waals surface area contributed by atoms with Gasteiger partial charge in [0.05, 0.1) is 16.6 Å². The Morgan fingerprint density at radius 2 is 1.67 bits per heavy atom. The van der Waals surface area contributed by atoms with Gasteiger partial charge in [-0.25, -0.2) is 26.9 Å². The molecule has 2 heterocycles. The summed E-state index contributed by atoms with van der Waals surface area (Å²) in [5.41, 5.74) is -9.38. The second-order valence-corrected chi connectivity index (χ2v) is 12.4. The highest BCUT2D eigenvalue weighted by Crippen LogP contribution is 2.51. The average molecular weight is 673 g/mol. The summed E-state index contributed by atoms with van der Waals surface area (Å²) in [7, 11) is -4.74. The molecule has 0 saturated carbocycles. The summed E-state index contributed by atoms with van der Waals surface area (Å²) >= 11 is 0. The molecule has 1 saturated heterocycles. The topological polar surface area (TPSA) is 136 Å². The number of carbonyl (C=O) groups is 3. The lowest BCUT2D eigenvalue weighted by Gasteiger charge is -2.39. The van der Waals surface area contributed by atoms with Gasteiger partial charge < -0.3 is 15.7 Å². The van der Waals surface area contributed by atoms with E-state index in [1.807, 2.05) is 0 Å². The van der Waals surface area contributed by atoms with Crippen molar-refractivity contribution < 1.29 is 63.0 Å². The molecule has 0 spiro atoms. The highest BCUT2D eigenvalue weighted by Gasteiger charge is 2.71. The zero-order chi connectivity index (χ0) is 33.8. The monoisotopic (exact) mass is 672 g/mol. The zero-order valence-electron chi connectivity index (χ0n) is 23.0. The van der Waals surface area contributed by atoms with Crippen LogP contribution in [0.2, 0.25) is 0 Å². The smallest absolute Gasteiger partial charge is 0.369 e. The maximum Gasteiger partial charge on any atom is 0.430 e. The van der Waals surface area contributed by atoms with Gasteiger partial charge in [0.1, 0.15) is 11.4 Å². The molecule has 2 atom stereocenters. The summed E-state index contributed by atoms with van der Waals surface area (Å²) < 4.78 is 136. The van der Waals surface area contributed by atoms with E-state index in [4.69, 9.17) is 0 Å². The number of aliphatic hydroxyl groups is 1. The molecule has 4 amide bonds. The third kappa shape index (κ3) is 5.89. The standard InChI is InChI=1S/C26H24F8N4O6S/c1-23(21(40)37(13-27)22(41)36-23)12-35-20(39)11-17-6-2-14-10-15(24(42,25(29,30)31)26(32,33)34)3-9-19(14)38(17)45(43,44)18-7-4-16(28)5-8-18/h3-5,7-10,17,42H,2,6,11-13H2,1H3,(H,35,39)(H,36,41). The van der Waals surface area contributed by atoms with E-state index in [2.05, 4.69) is 10.6 Å². The molecular formula is C26H24F8N4O6S. The van der Waals surface area contributed by atoms with Gasteiger partial charge in [-0.2, -0.15) is 26.3 Å². The van der Waals surface area contributed by atoms with E-state index < -0.39 is 99.1 Å². The van der Waals surface area contributed by atoms with Crippen molar-refractivity contribution in [1.29, 1.82) is 0 Å². The molecule has 2 aliphatic heterocycles. The fraction of sp³-hybridized carbons (Fsp3) is 0.423. The summed E-state index contributed by atoms with van der Waals surface area (Å²) in [6.45, 7) is -0.777. The number of aryl methyl sites for hydroxylation is 1. The number of alkyl halides is 7. The molecule has 2 aromatic rings. The van der Waals surface area contributed by atoms with Crippen molar-refractivity contribution in [3.05, 3.63) is 59.4 Å². The Kier molecular flexibility index (Phi) is 8.60. The zero-order valence-corrected chi connectivity index (χ0v) is 23.8. The van der Waals surface area contributed by atoms with E-state index in [0.29, 0.717) is 16.4 Å². The average Bonchev–Trinajstić information content (AvgIpc) is 3.16. The Morgan fingerprint density at radius 1 is 1.07 bits per heavy atom. The van der Waals surface area contributed by atoms with Gasteiger partial charge in [-0.3, -0.25) is 13.9 Å². The van der Waals surface area contributed by atoms with Gasteiger partial charge in [-0.15, -0.1) is 0 Å². The Balaban J connectivity index is 1.70. The Bertz CT molecular complexity index is 1600. The van der Waals surface area contributed by atoms with Crippen LogP contribution in [0.15, 0.2) is 47.4 Å². The van der Waals surface area contributed by atoms with Gasteiger partial charge in [0, 0.05) is 18.5 Å². The molecule has 0 radical (unpaired) electrons. The number of fused-ring (bicyclic) bond motifs is 1. The molecule has 19 heteroatoms. The van der Waals surface area contributed by atoms with Gasteiger partial charge in [0.25, 0.3) is 21.5 Å². The third-order valence-corrected chi connectivity index (χ3v) is 9.41. The molecule has 0 aliphatic carbocycles. The first kappa shape index (κ1) is 33.9. The highest BCUT2D eigenvalue weighted by atomic mass is 32.2. The van der Waals surface area contributed by atoms with Crippen molar-refractivity contribution in [2.24, 2.45) is 0 Å². The number of amides is 4. The second kappa shape index (κ2) is 11.4. The predicted molar refractivity (Wildman–Crippen MR) is 138 cm³/mol. The van der Waals surface area contributed by atoms with Crippen LogP contribution in [0.25, 0.3) is 0 Å². The Labute approximate surface area is 250 Å². The third-order valence-electron chi connectivity index (χ3n) is 7.53. The number of sulfonamides is 1. The molecule has 0 bridgehead atoms. The molecule has 246 valence electrons.